The number of para-hydroxylation sites is 1. The average molecular weight is 218 g/mol. The van der Waals surface area contributed by atoms with E-state index in [4.69, 9.17) is 4.74 Å². The fourth-order valence-electron chi connectivity index (χ4n) is 0.859. The summed E-state index contributed by atoms with van der Waals surface area (Å²) in [6.45, 7) is 3.56. The molecule has 1 N–H and O–H groups in total. The Morgan fingerprint density at radius 2 is 2.14 bits per heavy atom. The Labute approximate surface area is 125 Å². The maximum atomic E-state index is 11.2. The van der Waals surface area contributed by atoms with Crippen molar-refractivity contribution in [1.82, 2.24) is 0 Å². The molecule has 0 atom stereocenters. The van der Waals surface area contributed by atoms with Gasteiger partial charge in [-0.15, -0.1) is 0 Å². The summed E-state index contributed by atoms with van der Waals surface area (Å²) in [6, 6.07) is 6.23. The van der Waals surface area contributed by atoms with E-state index in [2.05, 4.69) is 6.58 Å². The molecular weight excluding hydrogens is 207 g/mol. The summed E-state index contributed by atoms with van der Waals surface area (Å²) in [5, 5.41) is 9.25. The molecule has 0 aliphatic heterocycles. The topological polar surface area (TPSA) is 46.5 Å². The number of ether oxygens (including phenoxy) is 1. The van der Waals surface area contributed by atoms with Gasteiger partial charge in [-0.1, -0.05) is 24.8 Å². The summed E-state index contributed by atoms with van der Waals surface area (Å²) in [5.41, 5.74) is 0.171. The molecule has 0 amide bonds. The Morgan fingerprint density at radius 3 is 2.71 bits per heavy atom. The van der Waals surface area contributed by atoms with E-state index in [9.17, 15) is 9.90 Å². The average Bonchev–Trinajstić information content (AvgIpc) is 2.15. The Bertz CT molecular complexity index is 323. The summed E-state index contributed by atoms with van der Waals surface area (Å²) in [6.07, 6.45) is 1.47. The molecule has 1 rings (SSSR count). The van der Waals surface area contributed by atoms with E-state index < -0.39 is 5.97 Å². The van der Waals surface area contributed by atoms with Crippen molar-refractivity contribution < 1.29 is 14.6 Å². The third-order valence-electron chi connectivity index (χ3n) is 1.46. The number of benzene rings is 1. The van der Waals surface area contributed by atoms with Gasteiger partial charge in [0, 0.05) is 0 Å². The Morgan fingerprint density at radius 1 is 1.50 bits per heavy atom. The molecule has 0 heterocycles. The number of phenols is 1. The number of aromatic hydroxyl groups is 1. The van der Waals surface area contributed by atoms with Crippen LogP contribution in [0.15, 0.2) is 36.9 Å². The van der Waals surface area contributed by atoms with Crippen molar-refractivity contribution in [2.45, 2.75) is 0 Å². The predicted molar refractivity (Wildman–Crippen MR) is 55.7 cm³/mol. The van der Waals surface area contributed by atoms with Gasteiger partial charge >= 0.3 is 57.4 Å². The van der Waals surface area contributed by atoms with Gasteiger partial charge < -0.3 is 9.84 Å². The first kappa shape index (κ1) is 13.9. The molecule has 14 heavy (non-hydrogen) atoms. The van der Waals surface area contributed by atoms with Crippen molar-refractivity contribution in [2.75, 3.05) is 6.61 Å². The van der Waals surface area contributed by atoms with Gasteiger partial charge in [-0.3, -0.25) is 0 Å². The Balaban J connectivity index is 0.00000169. The fraction of sp³-hybridized carbons (Fsp3) is 0.100. The van der Waals surface area contributed by atoms with Gasteiger partial charge in [0.15, 0.2) is 0 Å². The van der Waals surface area contributed by atoms with E-state index in [0.29, 0.717) is 0 Å². The summed E-state index contributed by atoms with van der Waals surface area (Å²) in [4.78, 5) is 11.2. The summed E-state index contributed by atoms with van der Waals surface area (Å²) in [7, 11) is 0. The minimum atomic E-state index is -0.544. The first-order valence-electron chi connectivity index (χ1n) is 3.81. The molecule has 0 fully saturated rings. The Hall–Kier alpha value is -0.134. The van der Waals surface area contributed by atoms with Crippen molar-refractivity contribution in [3.8, 4) is 5.75 Å². The van der Waals surface area contributed by atoms with Crippen LogP contribution in [0.3, 0.4) is 0 Å². The first-order chi connectivity index (χ1) is 6.25. The first-order valence-corrected chi connectivity index (χ1v) is 3.81. The van der Waals surface area contributed by atoms with Crippen molar-refractivity contribution >= 4 is 57.4 Å². The molecule has 70 valence electrons. The minimum absolute atomic E-state index is 0. The van der Waals surface area contributed by atoms with Crippen LogP contribution in [-0.2, 0) is 4.74 Å². The number of phenolic OH excluding ortho intramolecular Hbond substituents is 1. The molecule has 0 aliphatic rings. The van der Waals surface area contributed by atoms with E-state index >= 15 is 0 Å². The van der Waals surface area contributed by atoms with Crippen LogP contribution in [0, 0.1) is 0 Å². The molecule has 0 spiro atoms. The van der Waals surface area contributed by atoms with Crippen molar-refractivity contribution in [2.24, 2.45) is 0 Å². The molecule has 0 unspecified atom stereocenters. The second-order valence-electron chi connectivity index (χ2n) is 2.40. The fourth-order valence-corrected chi connectivity index (χ4v) is 0.859. The van der Waals surface area contributed by atoms with E-state index in [1.807, 2.05) is 0 Å². The Kier molecular flexibility index (Phi) is 7.13. The molecule has 0 aromatic heterocycles. The van der Waals surface area contributed by atoms with Gasteiger partial charge in [0.1, 0.15) is 17.9 Å². The van der Waals surface area contributed by atoms with Crippen LogP contribution < -0.4 is 0 Å². The van der Waals surface area contributed by atoms with Crippen molar-refractivity contribution in [1.29, 1.82) is 0 Å². The molecule has 0 aliphatic carbocycles. The van der Waals surface area contributed by atoms with Gasteiger partial charge in [-0.2, -0.15) is 0 Å². The zero-order chi connectivity index (χ0) is 9.68. The number of hydrogen-bond acceptors (Lipinski definition) is 3. The third-order valence-corrected chi connectivity index (χ3v) is 1.46. The molecule has 1 aromatic rings. The molecule has 0 radical (unpaired) electrons. The van der Waals surface area contributed by atoms with Gasteiger partial charge in [0.05, 0.1) is 0 Å². The van der Waals surface area contributed by atoms with Gasteiger partial charge in [-0.05, 0) is 12.1 Å². The second-order valence-corrected chi connectivity index (χ2v) is 2.40. The van der Waals surface area contributed by atoms with E-state index in [1.165, 1.54) is 18.2 Å². The van der Waals surface area contributed by atoms with Crippen LogP contribution >= 0.6 is 0 Å². The monoisotopic (exact) mass is 218 g/mol. The third kappa shape index (κ3) is 3.94. The maximum absolute atomic E-state index is 11.2. The molecule has 4 heteroatoms. The number of carbonyl (C=O) groups excluding carboxylic acids is 1. The van der Waals surface area contributed by atoms with E-state index in [1.54, 1.807) is 12.1 Å². The SMILES string of the molecule is C=CCOC(=O)c1ccccc1O.[KH]. The normalized spacial score (nSPS) is 8.57. The van der Waals surface area contributed by atoms with Crippen LogP contribution in [0.2, 0.25) is 0 Å². The molecule has 1 aromatic carbocycles. The van der Waals surface area contributed by atoms with Crippen molar-refractivity contribution in [3.05, 3.63) is 42.5 Å². The zero-order valence-corrected chi connectivity index (χ0v) is 7.06. The molecular formula is C10H11KO3. The van der Waals surface area contributed by atoms with Crippen LogP contribution in [0.5, 0.6) is 5.75 Å². The zero-order valence-electron chi connectivity index (χ0n) is 7.06. The van der Waals surface area contributed by atoms with Gasteiger partial charge in [0.2, 0.25) is 0 Å². The summed E-state index contributed by atoms with van der Waals surface area (Å²) >= 11 is 0. The standard InChI is InChI=1S/C10H10O3.K.H/c1-2-7-13-10(12)8-5-3-4-6-9(8)11;;/h2-6,11H,1,7H2;;. The van der Waals surface area contributed by atoms with Crippen LogP contribution in [0.25, 0.3) is 0 Å². The van der Waals surface area contributed by atoms with E-state index in [0.717, 1.165) is 0 Å². The number of carbonyl (C=O) groups is 1. The van der Waals surface area contributed by atoms with Crippen LogP contribution in [0.1, 0.15) is 10.4 Å². The second kappa shape index (κ2) is 7.20. The van der Waals surface area contributed by atoms with Crippen LogP contribution in [0.4, 0.5) is 0 Å². The number of hydrogen-bond donors (Lipinski definition) is 1. The molecule has 0 saturated carbocycles. The van der Waals surface area contributed by atoms with E-state index in [-0.39, 0.29) is 69.3 Å². The quantitative estimate of drug-likeness (QED) is 0.469. The summed E-state index contributed by atoms with van der Waals surface area (Å²) < 4.78 is 4.74. The van der Waals surface area contributed by atoms with Gasteiger partial charge in [0.25, 0.3) is 0 Å². The molecule has 3 nitrogen and oxygen atoms in total. The van der Waals surface area contributed by atoms with Crippen LogP contribution in [-0.4, -0.2) is 69.1 Å². The van der Waals surface area contributed by atoms with Gasteiger partial charge in [-0.25, -0.2) is 4.79 Å². The molecule has 0 saturated heterocycles. The number of esters is 1. The van der Waals surface area contributed by atoms with Crippen molar-refractivity contribution in [3.63, 3.8) is 0 Å². The molecule has 0 bridgehead atoms. The number of rotatable bonds is 3. The summed E-state index contributed by atoms with van der Waals surface area (Å²) in [5.74, 6) is -0.616. The predicted octanol–water partition coefficient (Wildman–Crippen LogP) is 1.09.